The number of benzene rings is 4. The SMILES string of the molecule is Cc1cccc(N(c2ccc(-c3ccc(C(C)(C)C)cc3)cc2)c2cccc(C)c2)c1. The molecule has 0 aliphatic rings. The molecule has 0 aliphatic heterocycles. The minimum atomic E-state index is 0.171. The fourth-order valence-electron chi connectivity index (χ4n) is 3.95. The molecule has 0 aliphatic carbocycles. The van der Waals surface area contributed by atoms with Gasteiger partial charge in [-0.05, 0) is 83.5 Å². The Morgan fingerprint density at radius 3 is 1.39 bits per heavy atom. The average molecular weight is 406 g/mol. The first-order chi connectivity index (χ1) is 14.8. The first-order valence-corrected chi connectivity index (χ1v) is 11.0. The van der Waals surface area contributed by atoms with E-state index in [0.29, 0.717) is 0 Å². The van der Waals surface area contributed by atoms with Crippen molar-refractivity contribution in [1.29, 1.82) is 0 Å². The predicted octanol–water partition coefficient (Wildman–Crippen LogP) is 8.74. The monoisotopic (exact) mass is 405 g/mol. The van der Waals surface area contributed by atoms with Gasteiger partial charge < -0.3 is 4.90 Å². The molecule has 0 bridgehead atoms. The summed E-state index contributed by atoms with van der Waals surface area (Å²) in [4.78, 5) is 2.33. The Morgan fingerprint density at radius 1 is 0.516 bits per heavy atom. The Bertz CT molecular complexity index is 1120. The molecule has 0 heterocycles. The van der Waals surface area contributed by atoms with E-state index in [1.807, 2.05) is 0 Å². The molecule has 0 saturated heterocycles. The quantitative estimate of drug-likeness (QED) is 0.328. The first kappa shape index (κ1) is 20.9. The van der Waals surface area contributed by atoms with E-state index in [0.717, 1.165) is 5.69 Å². The highest BCUT2D eigenvalue weighted by Gasteiger charge is 2.15. The molecule has 0 N–H and O–H groups in total. The van der Waals surface area contributed by atoms with Crippen molar-refractivity contribution >= 4 is 17.1 Å². The largest absolute Gasteiger partial charge is 0.310 e. The van der Waals surface area contributed by atoms with Crippen LogP contribution >= 0.6 is 0 Å². The van der Waals surface area contributed by atoms with Crippen molar-refractivity contribution in [2.75, 3.05) is 4.90 Å². The fourth-order valence-corrected chi connectivity index (χ4v) is 3.95. The number of hydrogen-bond acceptors (Lipinski definition) is 1. The van der Waals surface area contributed by atoms with Crippen molar-refractivity contribution in [3.05, 3.63) is 114 Å². The highest BCUT2D eigenvalue weighted by Crippen LogP contribution is 2.36. The summed E-state index contributed by atoms with van der Waals surface area (Å²) in [5.74, 6) is 0. The van der Waals surface area contributed by atoms with Crippen LogP contribution in [-0.2, 0) is 5.41 Å². The maximum Gasteiger partial charge on any atom is 0.0464 e. The molecule has 4 aromatic carbocycles. The fraction of sp³-hybridized carbons (Fsp3) is 0.200. The molecule has 0 amide bonds. The standard InChI is InChI=1S/C30H31N/c1-22-8-6-10-28(20-22)31(29-11-7-9-23(2)21-29)27-18-14-25(15-19-27)24-12-16-26(17-13-24)30(3,4)5/h6-21H,1-5H3. The average Bonchev–Trinajstić information content (AvgIpc) is 2.74. The number of nitrogens with zero attached hydrogens (tertiary/aromatic N) is 1. The smallest absolute Gasteiger partial charge is 0.0464 e. The number of aryl methyl sites for hydroxylation is 2. The third kappa shape index (κ3) is 4.72. The maximum absolute atomic E-state index is 2.33. The van der Waals surface area contributed by atoms with Crippen molar-refractivity contribution < 1.29 is 0 Å². The highest BCUT2D eigenvalue weighted by molar-refractivity contribution is 5.78. The lowest BCUT2D eigenvalue weighted by Crippen LogP contribution is -2.10. The zero-order chi connectivity index (χ0) is 22.0. The van der Waals surface area contributed by atoms with Gasteiger partial charge in [-0.1, -0.05) is 81.4 Å². The second-order valence-corrected chi connectivity index (χ2v) is 9.39. The van der Waals surface area contributed by atoms with Gasteiger partial charge in [-0.25, -0.2) is 0 Å². The van der Waals surface area contributed by atoms with E-state index in [9.17, 15) is 0 Å². The van der Waals surface area contributed by atoms with Crippen LogP contribution < -0.4 is 4.90 Å². The number of rotatable bonds is 4. The summed E-state index contributed by atoms with van der Waals surface area (Å²) >= 11 is 0. The van der Waals surface area contributed by atoms with Gasteiger partial charge in [0.15, 0.2) is 0 Å². The summed E-state index contributed by atoms with van der Waals surface area (Å²) in [5, 5.41) is 0. The van der Waals surface area contributed by atoms with Crippen LogP contribution in [0, 0.1) is 13.8 Å². The van der Waals surface area contributed by atoms with Crippen molar-refractivity contribution in [1.82, 2.24) is 0 Å². The molecule has 0 atom stereocenters. The second kappa shape index (κ2) is 8.43. The third-order valence-electron chi connectivity index (χ3n) is 5.73. The Balaban J connectivity index is 1.71. The summed E-state index contributed by atoms with van der Waals surface area (Å²) in [6, 6.07) is 35.2. The molecule has 0 saturated carbocycles. The molecule has 1 heteroatoms. The molecule has 4 rings (SSSR count). The maximum atomic E-state index is 2.33. The lowest BCUT2D eigenvalue weighted by Gasteiger charge is -2.26. The van der Waals surface area contributed by atoms with Crippen LogP contribution in [0.15, 0.2) is 97.1 Å². The van der Waals surface area contributed by atoms with Crippen LogP contribution in [0.2, 0.25) is 0 Å². The van der Waals surface area contributed by atoms with E-state index in [4.69, 9.17) is 0 Å². The van der Waals surface area contributed by atoms with E-state index < -0.39 is 0 Å². The van der Waals surface area contributed by atoms with E-state index in [1.165, 1.54) is 39.2 Å². The zero-order valence-corrected chi connectivity index (χ0v) is 19.2. The van der Waals surface area contributed by atoms with Crippen LogP contribution in [0.4, 0.5) is 17.1 Å². The molecular formula is C30H31N. The lowest BCUT2D eigenvalue weighted by atomic mass is 9.86. The van der Waals surface area contributed by atoms with Crippen molar-refractivity contribution in [2.24, 2.45) is 0 Å². The van der Waals surface area contributed by atoms with Gasteiger partial charge in [0.05, 0.1) is 0 Å². The van der Waals surface area contributed by atoms with E-state index in [-0.39, 0.29) is 5.41 Å². The second-order valence-electron chi connectivity index (χ2n) is 9.39. The normalized spacial score (nSPS) is 11.4. The van der Waals surface area contributed by atoms with Gasteiger partial charge in [-0.15, -0.1) is 0 Å². The van der Waals surface area contributed by atoms with E-state index >= 15 is 0 Å². The van der Waals surface area contributed by atoms with Gasteiger partial charge in [0.25, 0.3) is 0 Å². The number of anilines is 3. The molecule has 0 spiro atoms. The van der Waals surface area contributed by atoms with Crippen LogP contribution in [0.3, 0.4) is 0 Å². The van der Waals surface area contributed by atoms with Gasteiger partial charge in [-0.3, -0.25) is 0 Å². The van der Waals surface area contributed by atoms with Gasteiger partial charge in [0, 0.05) is 17.1 Å². The molecule has 0 unspecified atom stereocenters. The van der Waals surface area contributed by atoms with Gasteiger partial charge in [0.2, 0.25) is 0 Å². The third-order valence-corrected chi connectivity index (χ3v) is 5.73. The Kier molecular flexibility index (Phi) is 5.69. The molecule has 0 fully saturated rings. The summed E-state index contributed by atoms with van der Waals surface area (Å²) in [7, 11) is 0. The molecular weight excluding hydrogens is 374 g/mol. The summed E-state index contributed by atoms with van der Waals surface area (Å²) in [6.45, 7) is 11.0. The highest BCUT2D eigenvalue weighted by atomic mass is 15.1. The van der Waals surface area contributed by atoms with Crippen LogP contribution in [0.1, 0.15) is 37.5 Å². The minimum Gasteiger partial charge on any atom is -0.310 e. The van der Waals surface area contributed by atoms with Gasteiger partial charge >= 0.3 is 0 Å². The van der Waals surface area contributed by atoms with Gasteiger partial charge in [0.1, 0.15) is 0 Å². The zero-order valence-electron chi connectivity index (χ0n) is 19.2. The first-order valence-electron chi connectivity index (χ1n) is 11.0. The van der Waals surface area contributed by atoms with Crippen LogP contribution in [-0.4, -0.2) is 0 Å². The van der Waals surface area contributed by atoms with Crippen molar-refractivity contribution in [3.8, 4) is 11.1 Å². The van der Waals surface area contributed by atoms with Crippen molar-refractivity contribution in [2.45, 2.75) is 40.0 Å². The molecule has 156 valence electrons. The summed E-state index contributed by atoms with van der Waals surface area (Å²) in [6.07, 6.45) is 0. The lowest BCUT2D eigenvalue weighted by molar-refractivity contribution is 0.590. The van der Waals surface area contributed by atoms with Crippen molar-refractivity contribution in [3.63, 3.8) is 0 Å². The predicted molar refractivity (Wildman–Crippen MR) is 135 cm³/mol. The molecule has 4 aromatic rings. The van der Waals surface area contributed by atoms with Crippen LogP contribution in [0.25, 0.3) is 11.1 Å². The topological polar surface area (TPSA) is 3.24 Å². The van der Waals surface area contributed by atoms with Crippen LogP contribution in [0.5, 0.6) is 0 Å². The van der Waals surface area contributed by atoms with E-state index in [2.05, 4.69) is 137 Å². The molecule has 0 aromatic heterocycles. The molecule has 1 nitrogen and oxygen atoms in total. The van der Waals surface area contributed by atoms with Gasteiger partial charge in [-0.2, -0.15) is 0 Å². The molecule has 0 radical (unpaired) electrons. The Morgan fingerprint density at radius 2 is 0.968 bits per heavy atom. The summed E-state index contributed by atoms with van der Waals surface area (Å²) in [5.41, 5.74) is 10.0. The Labute approximate surface area is 187 Å². The van der Waals surface area contributed by atoms with E-state index in [1.54, 1.807) is 0 Å². The summed E-state index contributed by atoms with van der Waals surface area (Å²) < 4.78 is 0. The minimum absolute atomic E-state index is 0.171. The molecule has 31 heavy (non-hydrogen) atoms. The Hall–Kier alpha value is -3.32. The number of hydrogen-bond donors (Lipinski definition) is 0.